The van der Waals surface area contributed by atoms with Crippen molar-refractivity contribution in [2.45, 2.75) is 23.4 Å². The van der Waals surface area contributed by atoms with Crippen LogP contribution in [0.1, 0.15) is 6.92 Å². The summed E-state index contributed by atoms with van der Waals surface area (Å²) in [5, 5.41) is 0. The zero-order chi connectivity index (χ0) is 8.41. The van der Waals surface area contributed by atoms with Gasteiger partial charge in [0, 0.05) is 6.61 Å². The van der Waals surface area contributed by atoms with Crippen LogP contribution in [0.25, 0.3) is 0 Å². The second kappa shape index (κ2) is 12.4. The summed E-state index contributed by atoms with van der Waals surface area (Å²) >= 11 is 0.230. The molecular weight excluding hydrogens is 247 g/mol. The summed E-state index contributed by atoms with van der Waals surface area (Å²) in [5.74, 6) is 0. The molecule has 0 N–H and O–H groups in total. The SMILES string of the molecule is C=C[SiH](C)OCC.[CH3][Sn][CH3]. The molecule has 3 heteroatoms. The van der Waals surface area contributed by atoms with E-state index in [1.807, 2.05) is 12.6 Å². The van der Waals surface area contributed by atoms with Crippen molar-refractivity contribution in [3.63, 3.8) is 0 Å². The molecule has 1 atom stereocenters. The first-order chi connectivity index (χ1) is 4.72. The summed E-state index contributed by atoms with van der Waals surface area (Å²) in [6, 6.07) is 0. The molecule has 1 unspecified atom stereocenters. The maximum absolute atomic E-state index is 5.21. The summed E-state index contributed by atoms with van der Waals surface area (Å²) in [4.78, 5) is 4.59. The third-order valence-electron chi connectivity index (χ3n) is 0.761. The Morgan fingerprint density at radius 1 is 1.60 bits per heavy atom. The van der Waals surface area contributed by atoms with Crippen LogP contribution in [-0.2, 0) is 4.43 Å². The van der Waals surface area contributed by atoms with Gasteiger partial charge in [-0.2, -0.15) is 0 Å². The molecule has 10 heavy (non-hydrogen) atoms. The molecule has 0 bridgehead atoms. The van der Waals surface area contributed by atoms with E-state index in [0.717, 1.165) is 6.61 Å². The second-order valence-electron chi connectivity index (χ2n) is 1.90. The molecule has 0 heterocycles. The van der Waals surface area contributed by atoms with Crippen LogP contribution in [0.2, 0.25) is 16.4 Å². The summed E-state index contributed by atoms with van der Waals surface area (Å²) in [7, 11) is -0.917. The Morgan fingerprint density at radius 2 is 2.00 bits per heavy atom. The Balaban J connectivity index is 0. The number of rotatable bonds is 3. The molecule has 0 aliphatic rings. The summed E-state index contributed by atoms with van der Waals surface area (Å²) in [6.07, 6.45) is 0. The quantitative estimate of drug-likeness (QED) is 0.708. The van der Waals surface area contributed by atoms with Gasteiger partial charge < -0.3 is 4.43 Å². The van der Waals surface area contributed by atoms with Crippen molar-refractivity contribution in [3.8, 4) is 0 Å². The Kier molecular flexibility index (Phi) is 16.5. The van der Waals surface area contributed by atoms with E-state index in [1.54, 1.807) is 0 Å². The first kappa shape index (κ1) is 13.3. The fourth-order valence-electron chi connectivity index (χ4n) is 0.331. The summed E-state index contributed by atoms with van der Waals surface area (Å²) in [5.41, 5.74) is 1.92. The molecule has 0 saturated heterocycles. The molecule has 0 amide bonds. The standard InChI is InChI=1S/C5H12OSi.2CH3.Sn/c1-4-6-7(3)5-2;;;/h5,7H,2,4H2,1,3H3;2*1H3;. The van der Waals surface area contributed by atoms with Gasteiger partial charge in [-0.15, -0.1) is 6.58 Å². The van der Waals surface area contributed by atoms with Gasteiger partial charge in [-0.3, -0.25) is 0 Å². The van der Waals surface area contributed by atoms with E-state index in [2.05, 4.69) is 23.0 Å². The molecule has 2 radical (unpaired) electrons. The normalized spacial score (nSPS) is 11.2. The fraction of sp³-hybridized carbons (Fsp3) is 0.714. The van der Waals surface area contributed by atoms with Crippen molar-refractivity contribution in [1.82, 2.24) is 0 Å². The Hall–Kier alpha value is 0.716. The average Bonchev–Trinajstić information content (AvgIpc) is 1.90. The number of hydrogen-bond donors (Lipinski definition) is 0. The number of hydrogen-bond acceptors (Lipinski definition) is 1. The Labute approximate surface area is 76.8 Å². The molecule has 0 fully saturated rings. The van der Waals surface area contributed by atoms with Gasteiger partial charge >= 0.3 is 31.0 Å². The van der Waals surface area contributed by atoms with E-state index in [9.17, 15) is 0 Å². The molecule has 0 rings (SSSR count). The van der Waals surface area contributed by atoms with Crippen LogP contribution < -0.4 is 0 Å². The maximum atomic E-state index is 5.21. The van der Waals surface area contributed by atoms with Crippen LogP contribution in [0.15, 0.2) is 12.3 Å². The Bertz CT molecular complexity index is 68.6. The molecule has 0 aromatic carbocycles. The van der Waals surface area contributed by atoms with E-state index in [-0.39, 0.29) is 21.1 Å². The first-order valence-electron chi connectivity index (χ1n) is 3.55. The van der Waals surface area contributed by atoms with Gasteiger partial charge in [-0.25, -0.2) is 0 Å². The molecule has 60 valence electrons. The monoisotopic (exact) mass is 266 g/mol. The second-order valence-corrected chi connectivity index (χ2v) is 6.97. The van der Waals surface area contributed by atoms with Crippen molar-refractivity contribution in [2.24, 2.45) is 0 Å². The van der Waals surface area contributed by atoms with E-state index < -0.39 is 9.04 Å². The van der Waals surface area contributed by atoms with Crippen LogP contribution in [-0.4, -0.2) is 36.8 Å². The van der Waals surface area contributed by atoms with Crippen LogP contribution >= 0.6 is 0 Å². The van der Waals surface area contributed by atoms with Gasteiger partial charge in [0.25, 0.3) is 0 Å². The molecule has 0 spiro atoms. The van der Waals surface area contributed by atoms with E-state index in [0.29, 0.717) is 0 Å². The third kappa shape index (κ3) is 15.9. The van der Waals surface area contributed by atoms with E-state index in [1.165, 1.54) is 0 Å². The zero-order valence-electron chi connectivity index (χ0n) is 7.48. The molecule has 0 aliphatic carbocycles. The molecule has 0 aromatic rings. The van der Waals surface area contributed by atoms with Crippen molar-refractivity contribution >= 4 is 30.2 Å². The van der Waals surface area contributed by atoms with E-state index in [4.69, 9.17) is 4.43 Å². The minimum absolute atomic E-state index is 0.230. The first-order valence-corrected chi connectivity index (χ1v) is 11.6. The molecule has 0 aromatic heterocycles. The molecular formula is C7H18OSiSn. The Morgan fingerprint density at radius 3 is 2.10 bits per heavy atom. The molecule has 0 saturated carbocycles. The predicted molar refractivity (Wildman–Crippen MR) is 52.3 cm³/mol. The molecule has 1 nitrogen and oxygen atoms in total. The van der Waals surface area contributed by atoms with Gasteiger partial charge in [-0.05, 0) is 13.5 Å². The van der Waals surface area contributed by atoms with Crippen molar-refractivity contribution in [3.05, 3.63) is 12.3 Å². The third-order valence-corrected chi connectivity index (χ3v) is 2.28. The van der Waals surface area contributed by atoms with Crippen LogP contribution in [0, 0.1) is 0 Å². The van der Waals surface area contributed by atoms with Crippen molar-refractivity contribution < 1.29 is 4.43 Å². The van der Waals surface area contributed by atoms with Gasteiger partial charge in [0.1, 0.15) is 0 Å². The predicted octanol–water partition coefficient (Wildman–Crippen LogP) is 1.89. The topological polar surface area (TPSA) is 9.23 Å². The van der Waals surface area contributed by atoms with Gasteiger partial charge in [0.15, 0.2) is 9.04 Å². The zero-order valence-corrected chi connectivity index (χ0v) is 11.5. The van der Waals surface area contributed by atoms with Gasteiger partial charge in [0.2, 0.25) is 0 Å². The molecule has 0 aliphatic heterocycles. The van der Waals surface area contributed by atoms with Crippen molar-refractivity contribution in [1.29, 1.82) is 0 Å². The van der Waals surface area contributed by atoms with Crippen LogP contribution in [0.3, 0.4) is 0 Å². The van der Waals surface area contributed by atoms with Gasteiger partial charge in [-0.1, -0.05) is 5.70 Å². The average molecular weight is 265 g/mol. The fourth-order valence-corrected chi connectivity index (χ4v) is 0.993. The minimum atomic E-state index is -0.917. The van der Waals surface area contributed by atoms with Crippen molar-refractivity contribution in [2.75, 3.05) is 6.61 Å². The van der Waals surface area contributed by atoms with Gasteiger partial charge in [0.05, 0.1) is 0 Å². The van der Waals surface area contributed by atoms with E-state index >= 15 is 0 Å². The summed E-state index contributed by atoms with van der Waals surface area (Å²) in [6.45, 7) is 8.56. The van der Waals surface area contributed by atoms with Crippen LogP contribution in [0.5, 0.6) is 0 Å². The summed E-state index contributed by atoms with van der Waals surface area (Å²) < 4.78 is 5.21. The van der Waals surface area contributed by atoms with Crippen LogP contribution in [0.4, 0.5) is 0 Å².